The van der Waals surface area contributed by atoms with Crippen LogP contribution in [0.1, 0.15) is 46.8 Å². The van der Waals surface area contributed by atoms with Gasteiger partial charge >= 0.3 is 0 Å². The molecule has 0 spiro atoms. The lowest BCUT2D eigenvalue weighted by atomic mass is 10.0. The second kappa shape index (κ2) is 9.33. The first-order chi connectivity index (χ1) is 16.3. The van der Waals surface area contributed by atoms with E-state index in [9.17, 15) is 9.59 Å². The molecule has 1 aliphatic rings. The topological polar surface area (TPSA) is 123 Å². The van der Waals surface area contributed by atoms with Gasteiger partial charge in [0.05, 0.1) is 16.4 Å². The van der Waals surface area contributed by atoms with Crippen LogP contribution in [-0.2, 0) is 13.6 Å². The van der Waals surface area contributed by atoms with E-state index in [2.05, 4.69) is 22.9 Å². The maximum atomic E-state index is 13.2. The van der Waals surface area contributed by atoms with Crippen LogP contribution in [-0.4, -0.2) is 26.8 Å². The highest BCUT2D eigenvalue weighted by Gasteiger charge is 2.44. The number of nitrogens with two attached hydrogens (primary N) is 1. The Balaban J connectivity index is 1.68. The highest BCUT2D eigenvalue weighted by molar-refractivity contribution is 7.98. The van der Waals surface area contributed by atoms with E-state index in [1.807, 2.05) is 6.92 Å². The average molecular weight is 476 g/mol. The van der Waals surface area contributed by atoms with E-state index in [4.69, 9.17) is 15.1 Å². The first-order valence-corrected chi connectivity index (χ1v) is 11.6. The first-order valence-electron chi connectivity index (χ1n) is 10.7. The number of aryl methyl sites for hydroxylation is 1. The number of nitriles is 1. The van der Waals surface area contributed by atoms with Crippen LogP contribution in [0.2, 0.25) is 0 Å². The van der Waals surface area contributed by atoms with Crippen molar-refractivity contribution in [1.29, 1.82) is 5.26 Å². The number of hydrogen-bond donors (Lipinski definition) is 2. The van der Waals surface area contributed by atoms with Gasteiger partial charge in [0.25, 0.3) is 11.5 Å². The van der Waals surface area contributed by atoms with E-state index in [0.717, 1.165) is 29.5 Å². The largest absolute Gasteiger partial charge is 0.475 e. The van der Waals surface area contributed by atoms with Crippen molar-refractivity contribution < 1.29 is 9.53 Å². The molecule has 1 fully saturated rings. The molecule has 0 atom stereocenters. The predicted octanol–water partition coefficient (Wildman–Crippen LogP) is 3.29. The van der Waals surface area contributed by atoms with Crippen LogP contribution in [0.3, 0.4) is 0 Å². The predicted molar refractivity (Wildman–Crippen MR) is 133 cm³/mol. The third-order valence-corrected chi connectivity index (χ3v) is 7.01. The van der Waals surface area contributed by atoms with Gasteiger partial charge in [-0.15, -0.1) is 0 Å². The number of pyridine rings is 2. The molecule has 0 saturated heterocycles. The third-order valence-electron chi connectivity index (χ3n) is 5.99. The lowest BCUT2D eigenvalue weighted by molar-refractivity contribution is 0.0949. The summed E-state index contributed by atoms with van der Waals surface area (Å²) in [7, 11) is 1.60. The quantitative estimate of drug-likeness (QED) is 0.479. The Kier molecular flexibility index (Phi) is 6.46. The summed E-state index contributed by atoms with van der Waals surface area (Å²) in [5.74, 6) is -0.167. The standard InChI is InChI=1S/C25H25N5O3S/c1-15(2)20-13-29-23(33-14-25(34-27)8-9-25)21-18(20)10-19(24(32)30(21)3)22(31)28-12-17-6-4-16(11-26)5-7-17/h4-7,10,13H,1,8-9,12,14,27H2,2-3H3,(H,28,31). The number of carbonyl (C=O) groups is 1. The molecule has 0 bridgehead atoms. The molecular weight excluding hydrogens is 450 g/mol. The van der Waals surface area contributed by atoms with Gasteiger partial charge in [0.15, 0.2) is 0 Å². The van der Waals surface area contributed by atoms with E-state index in [0.29, 0.717) is 29.0 Å². The van der Waals surface area contributed by atoms with Crippen LogP contribution in [0, 0.1) is 11.3 Å². The number of carbonyl (C=O) groups excluding carboxylic acids is 1. The van der Waals surface area contributed by atoms with Gasteiger partial charge in [-0.3, -0.25) is 14.7 Å². The Morgan fingerprint density at radius 3 is 2.65 bits per heavy atom. The summed E-state index contributed by atoms with van der Waals surface area (Å²) in [6.07, 6.45) is 3.59. The molecule has 34 heavy (non-hydrogen) atoms. The van der Waals surface area contributed by atoms with Crippen LogP contribution in [0.15, 0.2) is 47.9 Å². The summed E-state index contributed by atoms with van der Waals surface area (Å²) in [5, 5.41) is 18.2. The summed E-state index contributed by atoms with van der Waals surface area (Å²) in [4.78, 5) is 30.6. The fourth-order valence-corrected chi connectivity index (χ4v) is 4.14. The van der Waals surface area contributed by atoms with Crippen molar-refractivity contribution in [2.24, 2.45) is 12.2 Å². The third kappa shape index (κ3) is 4.55. The maximum Gasteiger partial charge on any atom is 0.263 e. The minimum atomic E-state index is -0.490. The molecule has 3 N–H and O–H groups in total. The van der Waals surface area contributed by atoms with Crippen molar-refractivity contribution in [3.05, 3.63) is 75.7 Å². The molecule has 0 aliphatic heterocycles. The number of fused-ring (bicyclic) bond motifs is 1. The number of amides is 1. The highest BCUT2D eigenvalue weighted by atomic mass is 32.2. The zero-order chi connectivity index (χ0) is 24.5. The summed E-state index contributed by atoms with van der Waals surface area (Å²) in [6.45, 7) is 6.48. The molecule has 1 aliphatic carbocycles. The number of ether oxygens (including phenoxy) is 1. The molecule has 3 aromatic rings. The lowest BCUT2D eigenvalue weighted by Crippen LogP contribution is -2.32. The molecule has 9 heteroatoms. The molecule has 2 heterocycles. The molecule has 1 aromatic carbocycles. The maximum absolute atomic E-state index is 13.2. The summed E-state index contributed by atoms with van der Waals surface area (Å²) in [5.41, 5.74) is 2.90. The number of hydrogen-bond acceptors (Lipinski definition) is 7. The van der Waals surface area contributed by atoms with Gasteiger partial charge in [-0.2, -0.15) is 5.26 Å². The Labute approximate surface area is 201 Å². The summed E-state index contributed by atoms with van der Waals surface area (Å²) >= 11 is 1.29. The molecule has 2 aromatic heterocycles. The monoisotopic (exact) mass is 475 g/mol. The molecule has 4 rings (SSSR count). The molecule has 1 saturated carbocycles. The zero-order valence-corrected chi connectivity index (χ0v) is 19.9. The van der Waals surface area contributed by atoms with E-state index < -0.39 is 11.5 Å². The summed E-state index contributed by atoms with van der Waals surface area (Å²) in [6, 6.07) is 10.5. The van der Waals surface area contributed by atoms with Crippen LogP contribution in [0.4, 0.5) is 0 Å². The Hall–Kier alpha value is -3.61. The Morgan fingerprint density at radius 1 is 1.35 bits per heavy atom. The normalized spacial score (nSPS) is 13.8. The fraction of sp³-hybridized carbons (Fsp3) is 0.280. The van der Waals surface area contributed by atoms with Gasteiger partial charge < -0.3 is 14.6 Å². The second-order valence-corrected chi connectivity index (χ2v) is 9.62. The van der Waals surface area contributed by atoms with E-state index in [1.54, 1.807) is 43.6 Å². The van der Waals surface area contributed by atoms with Crippen LogP contribution >= 0.6 is 11.9 Å². The lowest BCUT2D eigenvalue weighted by Gasteiger charge is -2.18. The summed E-state index contributed by atoms with van der Waals surface area (Å²) < 4.78 is 7.30. The minimum Gasteiger partial charge on any atom is -0.475 e. The molecule has 0 unspecified atom stereocenters. The average Bonchev–Trinajstić information content (AvgIpc) is 3.63. The second-order valence-electron chi connectivity index (χ2n) is 8.52. The fourth-order valence-electron chi connectivity index (χ4n) is 3.67. The Bertz CT molecular complexity index is 1380. The number of aromatic nitrogens is 2. The first kappa shape index (κ1) is 23.5. The Morgan fingerprint density at radius 2 is 2.06 bits per heavy atom. The van der Waals surface area contributed by atoms with Crippen molar-refractivity contribution in [3.8, 4) is 11.9 Å². The molecule has 1 amide bonds. The van der Waals surface area contributed by atoms with Crippen molar-refractivity contribution in [2.45, 2.75) is 31.1 Å². The number of allylic oxidation sites excluding steroid dienone is 1. The zero-order valence-electron chi connectivity index (χ0n) is 19.1. The highest BCUT2D eigenvalue weighted by Crippen LogP contribution is 2.46. The van der Waals surface area contributed by atoms with E-state index in [-0.39, 0.29) is 16.9 Å². The van der Waals surface area contributed by atoms with Crippen molar-refractivity contribution in [2.75, 3.05) is 6.61 Å². The van der Waals surface area contributed by atoms with Crippen molar-refractivity contribution >= 4 is 34.3 Å². The number of rotatable bonds is 8. The van der Waals surface area contributed by atoms with E-state index in [1.165, 1.54) is 16.5 Å². The van der Waals surface area contributed by atoms with Crippen LogP contribution in [0.5, 0.6) is 5.88 Å². The molecule has 174 valence electrons. The van der Waals surface area contributed by atoms with Crippen molar-refractivity contribution in [1.82, 2.24) is 14.9 Å². The minimum absolute atomic E-state index is 0.0134. The van der Waals surface area contributed by atoms with Gasteiger partial charge in [0.2, 0.25) is 5.88 Å². The van der Waals surface area contributed by atoms with Gasteiger partial charge in [-0.05, 0) is 49.1 Å². The number of nitrogens with zero attached hydrogens (tertiary/aromatic N) is 3. The SMILES string of the molecule is C=C(C)c1cnc(OCC2(SN)CC2)c2c1cc(C(=O)NCc1ccc(C#N)cc1)c(=O)n2C. The molecular formula is C25H25N5O3S. The smallest absolute Gasteiger partial charge is 0.263 e. The van der Waals surface area contributed by atoms with Crippen LogP contribution in [0.25, 0.3) is 16.5 Å². The number of nitrogens with one attached hydrogen (secondary N) is 1. The van der Waals surface area contributed by atoms with Gasteiger partial charge in [0.1, 0.15) is 17.7 Å². The van der Waals surface area contributed by atoms with Crippen LogP contribution < -0.4 is 20.8 Å². The van der Waals surface area contributed by atoms with E-state index >= 15 is 0 Å². The molecule has 8 nitrogen and oxygen atoms in total. The molecule has 0 radical (unpaired) electrons. The number of benzene rings is 1. The van der Waals surface area contributed by atoms with Gasteiger partial charge in [-0.25, -0.2) is 4.98 Å². The van der Waals surface area contributed by atoms with Gasteiger partial charge in [0, 0.05) is 30.7 Å². The van der Waals surface area contributed by atoms with Gasteiger partial charge in [-0.1, -0.05) is 30.7 Å². The van der Waals surface area contributed by atoms with Crippen molar-refractivity contribution in [3.63, 3.8) is 0 Å².